The number of rotatable bonds is 4. The van der Waals surface area contributed by atoms with E-state index in [1.807, 2.05) is 0 Å². The number of anilines is 2. The van der Waals surface area contributed by atoms with Crippen molar-refractivity contribution in [2.75, 3.05) is 5.32 Å². The summed E-state index contributed by atoms with van der Waals surface area (Å²) in [6.07, 6.45) is 0. The molecule has 2 aliphatic carbocycles. The first kappa shape index (κ1) is 24.9. The lowest BCUT2D eigenvalue weighted by Gasteiger charge is -2.30. The lowest BCUT2D eigenvalue weighted by molar-refractivity contribution is 0.794. The lowest BCUT2D eigenvalue weighted by Crippen LogP contribution is -2.25. The molecule has 44 heavy (non-hydrogen) atoms. The summed E-state index contributed by atoms with van der Waals surface area (Å²) in [5, 5.41) is 3.73. The molecule has 7 aromatic carbocycles. The predicted octanol–water partition coefficient (Wildman–Crippen LogP) is 11.1. The van der Waals surface area contributed by atoms with E-state index in [2.05, 4.69) is 175 Å². The summed E-state index contributed by atoms with van der Waals surface area (Å²) in [6, 6.07) is 62.0. The van der Waals surface area contributed by atoms with Crippen LogP contribution >= 0.6 is 0 Å². The van der Waals surface area contributed by atoms with E-state index in [-0.39, 0.29) is 5.41 Å². The topological polar surface area (TPSA) is 12.0 Å². The molecule has 206 valence electrons. The summed E-state index contributed by atoms with van der Waals surface area (Å²) < 4.78 is 0. The van der Waals surface area contributed by atoms with E-state index < -0.39 is 0 Å². The van der Waals surface area contributed by atoms with E-state index in [9.17, 15) is 0 Å². The molecule has 0 atom stereocenters. The Morgan fingerprint density at radius 1 is 0.295 bits per heavy atom. The molecule has 1 nitrogen and oxygen atoms in total. The van der Waals surface area contributed by atoms with Crippen LogP contribution in [-0.4, -0.2) is 0 Å². The Morgan fingerprint density at radius 3 is 1.43 bits per heavy atom. The normalized spacial score (nSPS) is 13.2. The molecular formula is C43H29N. The van der Waals surface area contributed by atoms with Crippen LogP contribution in [0.2, 0.25) is 0 Å². The molecule has 0 heterocycles. The monoisotopic (exact) mass is 559 g/mol. The van der Waals surface area contributed by atoms with Crippen molar-refractivity contribution in [2.45, 2.75) is 5.41 Å². The van der Waals surface area contributed by atoms with Gasteiger partial charge in [0, 0.05) is 11.4 Å². The van der Waals surface area contributed by atoms with Gasteiger partial charge in [-0.05, 0) is 97.1 Å². The van der Waals surface area contributed by atoms with Crippen molar-refractivity contribution in [3.63, 3.8) is 0 Å². The molecular weight excluding hydrogens is 530 g/mol. The Bertz CT molecular complexity index is 2130. The zero-order valence-corrected chi connectivity index (χ0v) is 24.2. The van der Waals surface area contributed by atoms with Crippen molar-refractivity contribution in [3.8, 4) is 44.5 Å². The second-order valence-electron chi connectivity index (χ2n) is 11.8. The van der Waals surface area contributed by atoms with Crippen LogP contribution in [0.1, 0.15) is 22.3 Å². The summed E-state index contributed by atoms with van der Waals surface area (Å²) >= 11 is 0. The molecule has 0 fully saturated rings. The standard InChI is InChI=1S/C43H29N/c1-3-11-29(12-4-1)31-19-22-33(23-20-31)44-34-24-25-37-38-27-32(30-13-5-2-6-14-30)21-26-41(38)43(42(37)28-34)39-17-9-7-15-35(39)36-16-8-10-18-40(36)43/h1-28,44H. The van der Waals surface area contributed by atoms with Crippen LogP contribution in [0.15, 0.2) is 170 Å². The molecule has 2 aliphatic rings. The highest BCUT2D eigenvalue weighted by Gasteiger charge is 2.51. The Labute approximate surface area is 258 Å². The fraction of sp³-hybridized carbons (Fsp3) is 0.0233. The second-order valence-corrected chi connectivity index (χ2v) is 11.8. The van der Waals surface area contributed by atoms with Gasteiger partial charge >= 0.3 is 0 Å². The second kappa shape index (κ2) is 9.69. The van der Waals surface area contributed by atoms with Gasteiger partial charge in [0.05, 0.1) is 5.41 Å². The van der Waals surface area contributed by atoms with E-state index >= 15 is 0 Å². The quantitative estimate of drug-likeness (QED) is 0.226. The molecule has 1 N–H and O–H groups in total. The van der Waals surface area contributed by atoms with Crippen LogP contribution < -0.4 is 5.32 Å². The first-order valence-corrected chi connectivity index (χ1v) is 15.3. The summed E-state index contributed by atoms with van der Waals surface area (Å²) in [5.41, 5.74) is 17.4. The van der Waals surface area contributed by atoms with Crippen molar-refractivity contribution in [3.05, 3.63) is 192 Å². The van der Waals surface area contributed by atoms with Crippen molar-refractivity contribution in [1.82, 2.24) is 0 Å². The van der Waals surface area contributed by atoms with Gasteiger partial charge in [-0.25, -0.2) is 0 Å². The SMILES string of the molecule is c1ccc(-c2ccc(Nc3ccc4c(c3)C3(c5ccccc5-c5ccccc53)c3ccc(-c5ccccc5)cc3-4)cc2)cc1. The molecule has 0 saturated carbocycles. The number of nitrogens with one attached hydrogen (secondary N) is 1. The zero-order chi connectivity index (χ0) is 29.1. The predicted molar refractivity (Wildman–Crippen MR) is 183 cm³/mol. The molecule has 7 aromatic rings. The Kier molecular flexibility index (Phi) is 5.48. The van der Waals surface area contributed by atoms with Crippen molar-refractivity contribution < 1.29 is 0 Å². The van der Waals surface area contributed by atoms with Crippen LogP contribution in [-0.2, 0) is 5.41 Å². The summed E-state index contributed by atoms with van der Waals surface area (Å²) in [5.74, 6) is 0. The molecule has 0 radical (unpaired) electrons. The van der Waals surface area contributed by atoms with Gasteiger partial charge in [0.2, 0.25) is 0 Å². The average molecular weight is 560 g/mol. The van der Waals surface area contributed by atoms with Gasteiger partial charge < -0.3 is 5.32 Å². The third-order valence-electron chi connectivity index (χ3n) is 9.48. The minimum Gasteiger partial charge on any atom is -0.356 e. The van der Waals surface area contributed by atoms with Crippen molar-refractivity contribution in [2.24, 2.45) is 0 Å². The fourth-order valence-electron chi connectivity index (χ4n) is 7.58. The molecule has 0 bridgehead atoms. The molecule has 1 heteroatoms. The van der Waals surface area contributed by atoms with Gasteiger partial charge in [-0.3, -0.25) is 0 Å². The molecule has 1 spiro atoms. The molecule has 9 rings (SSSR count). The highest BCUT2D eigenvalue weighted by atomic mass is 14.9. The zero-order valence-electron chi connectivity index (χ0n) is 24.2. The van der Waals surface area contributed by atoms with E-state index in [1.54, 1.807) is 0 Å². The van der Waals surface area contributed by atoms with E-state index in [4.69, 9.17) is 0 Å². The van der Waals surface area contributed by atoms with Gasteiger partial charge in [-0.2, -0.15) is 0 Å². The maximum atomic E-state index is 3.73. The summed E-state index contributed by atoms with van der Waals surface area (Å²) in [6.45, 7) is 0. The van der Waals surface area contributed by atoms with Crippen LogP contribution in [0.5, 0.6) is 0 Å². The van der Waals surface area contributed by atoms with Gasteiger partial charge in [0.1, 0.15) is 0 Å². The lowest BCUT2D eigenvalue weighted by atomic mass is 9.70. The molecule has 0 unspecified atom stereocenters. The van der Waals surface area contributed by atoms with Gasteiger partial charge in [-0.1, -0.05) is 140 Å². The summed E-state index contributed by atoms with van der Waals surface area (Å²) in [4.78, 5) is 0. The molecule has 0 saturated heterocycles. The maximum Gasteiger partial charge on any atom is 0.0726 e. The van der Waals surface area contributed by atoms with Crippen LogP contribution in [0.3, 0.4) is 0 Å². The highest BCUT2D eigenvalue weighted by molar-refractivity contribution is 5.96. The maximum absolute atomic E-state index is 3.73. The van der Waals surface area contributed by atoms with Crippen LogP contribution in [0.25, 0.3) is 44.5 Å². The minimum absolute atomic E-state index is 0.373. The van der Waals surface area contributed by atoms with Gasteiger partial charge in [-0.15, -0.1) is 0 Å². The molecule has 0 amide bonds. The number of hydrogen-bond donors (Lipinski definition) is 1. The largest absolute Gasteiger partial charge is 0.356 e. The van der Waals surface area contributed by atoms with E-state index in [1.165, 1.54) is 66.8 Å². The Morgan fingerprint density at radius 2 is 0.773 bits per heavy atom. The number of hydrogen-bond acceptors (Lipinski definition) is 1. The number of benzene rings is 7. The highest BCUT2D eigenvalue weighted by Crippen LogP contribution is 2.63. The minimum atomic E-state index is -0.373. The van der Waals surface area contributed by atoms with Gasteiger partial charge in [0.25, 0.3) is 0 Å². The number of fused-ring (bicyclic) bond motifs is 10. The third-order valence-corrected chi connectivity index (χ3v) is 9.48. The Hall–Kier alpha value is -5.66. The average Bonchev–Trinajstić information content (AvgIpc) is 3.56. The Balaban J connectivity index is 1.22. The van der Waals surface area contributed by atoms with Crippen LogP contribution in [0, 0.1) is 0 Å². The van der Waals surface area contributed by atoms with Crippen LogP contribution in [0.4, 0.5) is 11.4 Å². The van der Waals surface area contributed by atoms with Crippen molar-refractivity contribution >= 4 is 11.4 Å². The first-order chi connectivity index (χ1) is 21.8. The third kappa shape index (κ3) is 3.60. The summed E-state index contributed by atoms with van der Waals surface area (Å²) in [7, 11) is 0. The molecule has 0 aromatic heterocycles. The van der Waals surface area contributed by atoms with E-state index in [0.29, 0.717) is 0 Å². The fourth-order valence-corrected chi connectivity index (χ4v) is 7.58. The van der Waals surface area contributed by atoms with E-state index in [0.717, 1.165) is 11.4 Å². The van der Waals surface area contributed by atoms with Gasteiger partial charge in [0.15, 0.2) is 0 Å². The smallest absolute Gasteiger partial charge is 0.0726 e. The molecule has 0 aliphatic heterocycles. The van der Waals surface area contributed by atoms with Crippen molar-refractivity contribution in [1.29, 1.82) is 0 Å². The first-order valence-electron chi connectivity index (χ1n) is 15.3.